The first-order valence-electron chi connectivity index (χ1n) is 6.21. The highest BCUT2D eigenvalue weighted by Crippen LogP contribution is 2.14. The van der Waals surface area contributed by atoms with Crippen molar-refractivity contribution in [1.29, 1.82) is 0 Å². The van der Waals surface area contributed by atoms with Gasteiger partial charge in [0.05, 0.1) is 5.92 Å². The van der Waals surface area contributed by atoms with E-state index in [1.165, 1.54) is 0 Å². The van der Waals surface area contributed by atoms with E-state index < -0.39 is 18.0 Å². The molecule has 0 saturated heterocycles. The van der Waals surface area contributed by atoms with Gasteiger partial charge in [-0.3, -0.25) is 14.4 Å². The van der Waals surface area contributed by atoms with Crippen LogP contribution in [0.1, 0.15) is 53.4 Å². The quantitative estimate of drug-likeness (QED) is 0.613. The van der Waals surface area contributed by atoms with Crippen LogP contribution < -0.4 is 0 Å². The third-order valence-corrected chi connectivity index (χ3v) is 2.79. The summed E-state index contributed by atoms with van der Waals surface area (Å²) in [5.41, 5.74) is 0. The lowest BCUT2D eigenvalue weighted by Crippen LogP contribution is -2.28. The summed E-state index contributed by atoms with van der Waals surface area (Å²) in [6.07, 6.45) is 0.821. The van der Waals surface area contributed by atoms with E-state index in [-0.39, 0.29) is 18.0 Å². The molecule has 17 heavy (non-hydrogen) atoms. The molecular weight excluding hydrogens is 220 g/mol. The van der Waals surface area contributed by atoms with Gasteiger partial charge in [-0.1, -0.05) is 20.8 Å². The highest BCUT2D eigenvalue weighted by Gasteiger charge is 2.24. The van der Waals surface area contributed by atoms with Crippen LogP contribution in [0.3, 0.4) is 0 Å². The van der Waals surface area contributed by atoms with E-state index in [0.29, 0.717) is 19.3 Å². The average Bonchev–Trinajstić information content (AvgIpc) is 2.33. The molecule has 0 rings (SSSR count). The Hall–Kier alpha value is -1.19. The summed E-state index contributed by atoms with van der Waals surface area (Å²) in [6, 6.07) is 0. The van der Waals surface area contributed by atoms with Crippen molar-refractivity contribution in [3.05, 3.63) is 0 Å². The van der Waals surface area contributed by atoms with Crippen molar-refractivity contribution in [2.24, 2.45) is 5.92 Å². The summed E-state index contributed by atoms with van der Waals surface area (Å²) in [4.78, 5) is 34.3. The maximum atomic E-state index is 11.7. The van der Waals surface area contributed by atoms with Crippen LogP contribution in [-0.2, 0) is 19.1 Å². The normalized spacial score (nSPS) is 13.9. The van der Waals surface area contributed by atoms with Crippen molar-refractivity contribution in [2.75, 3.05) is 0 Å². The number of rotatable bonds is 8. The van der Waals surface area contributed by atoms with Gasteiger partial charge in [0.2, 0.25) is 0 Å². The number of hydrogen-bond acceptors (Lipinski definition) is 4. The lowest BCUT2D eigenvalue weighted by atomic mass is 9.98. The number of esters is 1. The van der Waals surface area contributed by atoms with Gasteiger partial charge in [-0.25, -0.2) is 0 Å². The number of Topliss-reactive ketones (excluding diaryl/α,β-unsaturated/α-hetero) is 2. The lowest BCUT2D eigenvalue weighted by Gasteiger charge is -2.16. The second kappa shape index (κ2) is 7.98. The maximum absolute atomic E-state index is 11.7. The Labute approximate surface area is 103 Å². The van der Waals surface area contributed by atoms with Crippen LogP contribution in [0, 0.1) is 5.92 Å². The van der Waals surface area contributed by atoms with Gasteiger partial charge in [0, 0.05) is 19.3 Å². The van der Waals surface area contributed by atoms with E-state index in [4.69, 9.17) is 4.74 Å². The summed E-state index contributed by atoms with van der Waals surface area (Å²) < 4.78 is 5.06. The van der Waals surface area contributed by atoms with Crippen LogP contribution >= 0.6 is 0 Å². The first-order valence-corrected chi connectivity index (χ1v) is 6.21. The second-order valence-electron chi connectivity index (χ2n) is 4.10. The molecule has 0 spiro atoms. The van der Waals surface area contributed by atoms with Gasteiger partial charge in [0.25, 0.3) is 0 Å². The van der Waals surface area contributed by atoms with Crippen LogP contribution in [0.25, 0.3) is 0 Å². The largest absolute Gasteiger partial charge is 0.454 e. The van der Waals surface area contributed by atoms with E-state index in [0.717, 1.165) is 0 Å². The Morgan fingerprint density at radius 3 is 2.06 bits per heavy atom. The zero-order chi connectivity index (χ0) is 13.4. The highest BCUT2D eigenvalue weighted by molar-refractivity contribution is 5.87. The van der Waals surface area contributed by atoms with Crippen molar-refractivity contribution < 1.29 is 19.1 Å². The average molecular weight is 242 g/mol. The predicted octanol–water partition coefficient (Wildman–Crippen LogP) is 2.29. The molecule has 2 atom stereocenters. The minimum absolute atomic E-state index is 0.0447. The molecule has 0 aromatic heterocycles. The molecule has 0 aliphatic carbocycles. The van der Waals surface area contributed by atoms with Crippen molar-refractivity contribution in [3.8, 4) is 0 Å². The molecule has 0 unspecified atom stereocenters. The van der Waals surface area contributed by atoms with Crippen molar-refractivity contribution in [1.82, 2.24) is 0 Å². The molecule has 0 N–H and O–H groups in total. The minimum Gasteiger partial charge on any atom is -0.454 e. The summed E-state index contributed by atoms with van der Waals surface area (Å²) in [6.45, 7) is 6.90. The highest BCUT2D eigenvalue weighted by atomic mass is 16.5. The number of hydrogen-bond donors (Lipinski definition) is 0. The Bertz CT molecular complexity index is 283. The Balaban J connectivity index is 4.35. The SMILES string of the molecule is CCC(=O)C[C@@H](CC)C(=O)O[C@@H](C)C(=O)CC. The first-order chi connectivity index (χ1) is 7.96. The minimum atomic E-state index is -0.710. The van der Waals surface area contributed by atoms with Gasteiger partial charge in [0.1, 0.15) is 5.78 Å². The topological polar surface area (TPSA) is 60.4 Å². The molecular formula is C13H22O4. The van der Waals surface area contributed by atoms with Gasteiger partial charge >= 0.3 is 5.97 Å². The molecule has 0 saturated carbocycles. The standard InChI is InChI=1S/C13H22O4/c1-5-10(8-11(14)6-2)13(16)17-9(4)12(15)7-3/h9-10H,5-8H2,1-4H3/t9-,10+/m0/s1. The van der Waals surface area contributed by atoms with Crippen LogP contribution in [0.5, 0.6) is 0 Å². The molecule has 0 radical (unpaired) electrons. The summed E-state index contributed by atoms with van der Waals surface area (Å²) >= 11 is 0. The molecule has 4 heteroatoms. The van der Waals surface area contributed by atoms with Gasteiger partial charge in [-0.15, -0.1) is 0 Å². The Morgan fingerprint density at radius 2 is 1.65 bits per heavy atom. The number of ether oxygens (including phenoxy) is 1. The Kier molecular flexibility index (Phi) is 7.42. The maximum Gasteiger partial charge on any atom is 0.310 e. The van der Waals surface area contributed by atoms with Crippen molar-refractivity contribution >= 4 is 17.5 Å². The fraction of sp³-hybridized carbons (Fsp3) is 0.769. The summed E-state index contributed by atoms with van der Waals surface area (Å²) in [7, 11) is 0. The Morgan fingerprint density at radius 1 is 1.06 bits per heavy atom. The number of carbonyl (C=O) groups is 3. The van der Waals surface area contributed by atoms with Gasteiger partial charge < -0.3 is 4.74 Å². The van der Waals surface area contributed by atoms with Crippen molar-refractivity contribution in [3.63, 3.8) is 0 Å². The molecule has 98 valence electrons. The predicted molar refractivity (Wildman–Crippen MR) is 64.5 cm³/mol. The molecule has 0 heterocycles. The zero-order valence-electron chi connectivity index (χ0n) is 11.1. The fourth-order valence-corrected chi connectivity index (χ4v) is 1.44. The smallest absolute Gasteiger partial charge is 0.310 e. The summed E-state index contributed by atoms with van der Waals surface area (Å²) in [5.74, 6) is -0.920. The third kappa shape index (κ3) is 5.61. The molecule has 0 aliphatic heterocycles. The van der Waals surface area contributed by atoms with Crippen molar-refractivity contribution in [2.45, 2.75) is 59.5 Å². The zero-order valence-corrected chi connectivity index (χ0v) is 11.1. The van der Waals surface area contributed by atoms with Gasteiger partial charge in [0.15, 0.2) is 11.9 Å². The fourth-order valence-electron chi connectivity index (χ4n) is 1.44. The first kappa shape index (κ1) is 15.8. The molecule has 0 aromatic carbocycles. The van der Waals surface area contributed by atoms with Crippen LogP contribution in [0.2, 0.25) is 0 Å². The third-order valence-electron chi connectivity index (χ3n) is 2.79. The van der Waals surface area contributed by atoms with Gasteiger partial charge in [-0.2, -0.15) is 0 Å². The summed E-state index contributed by atoms with van der Waals surface area (Å²) in [5, 5.41) is 0. The number of carbonyl (C=O) groups excluding carboxylic acids is 3. The number of ketones is 2. The van der Waals surface area contributed by atoms with E-state index in [9.17, 15) is 14.4 Å². The second-order valence-corrected chi connectivity index (χ2v) is 4.10. The monoisotopic (exact) mass is 242 g/mol. The van der Waals surface area contributed by atoms with Crippen LogP contribution in [0.15, 0.2) is 0 Å². The molecule has 0 bridgehead atoms. The van der Waals surface area contributed by atoms with E-state index in [2.05, 4.69) is 0 Å². The molecule has 4 nitrogen and oxygen atoms in total. The van der Waals surface area contributed by atoms with E-state index in [1.807, 2.05) is 6.92 Å². The molecule has 0 amide bonds. The molecule has 0 aliphatic rings. The van der Waals surface area contributed by atoms with Crippen LogP contribution in [-0.4, -0.2) is 23.6 Å². The molecule has 0 fully saturated rings. The van der Waals surface area contributed by atoms with E-state index in [1.54, 1.807) is 20.8 Å². The lowest BCUT2D eigenvalue weighted by molar-refractivity contribution is -0.159. The van der Waals surface area contributed by atoms with Gasteiger partial charge in [-0.05, 0) is 13.3 Å². The van der Waals surface area contributed by atoms with E-state index >= 15 is 0 Å². The van der Waals surface area contributed by atoms with Crippen LogP contribution in [0.4, 0.5) is 0 Å². The molecule has 0 aromatic rings.